The average molecular weight is 578 g/mol. The van der Waals surface area contributed by atoms with Crippen LogP contribution in [0.2, 0.25) is 0 Å². The third-order valence-corrected chi connectivity index (χ3v) is 4.86. The van der Waals surface area contributed by atoms with Crippen molar-refractivity contribution in [3.63, 3.8) is 0 Å². The van der Waals surface area contributed by atoms with Gasteiger partial charge in [-0.25, -0.2) is 9.78 Å². The SMILES string of the molecule is COC(=O)Nc1nc2ccc(NC(=O)c3cc(I)cc(I)c3O)cc2[nH]1. The smallest absolute Gasteiger partial charge is 0.413 e. The van der Waals surface area contributed by atoms with Crippen molar-refractivity contribution in [2.24, 2.45) is 0 Å². The van der Waals surface area contributed by atoms with E-state index in [-0.39, 0.29) is 17.3 Å². The summed E-state index contributed by atoms with van der Waals surface area (Å²) in [5, 5.41) is 15.3. The van der Waals surface area contributed by atoms with E-state index in [0.717, 1.165) is 3.57 Å². The highest BCUT2D eigenvalue weighted by atomic mass is 127. The van der Waals surface area contributed by atoms with Crippen LogP contribution >= 0.6 is 45.2 Å². The van der Waals surface area contributed by atoms with Gasteiger partial charge in [0.05, 0.1) is 27.3 Å². The number of halogens is 2. The largest absolute Gasteiger partial charge is 0.506 e. The highest BCUT2D eigenvalue weighted by molar-refractivity contribution is 14.1. The molecule has 0 fully saturated rings. The Bertz CT molecular complexity index is 1020. The first-order valence-electron chi connectivity index (χ1n) is 7.21. The molecule has 2 amide bonds. The van der Waals surface area contributed by atoms with Gasteiger partial charge in [0.15, 0.2) is 0 Å². The van der Waals surface area contributed by atoms with Crippen LogP contribution in [0.25, 0.3) is 11.0 Å². The summed E-state index contributed by atoms with van der Waals surface area (Å²) >= 11 is 4.06. The van der Waals surface area contributed by atoms with Gasteiger partial charge >= 0.3 is 6.09 Å². The molecule has 4 N–H and O–H groups in total. The molecule has 0 atom stereocenters. The van der Waals surface area contributed by atoms with Gasteiger partial charge in [-0.15, -0.1) is 0 Å². The predicted molar refractivity (Wildman–Crippen MR) is 114 cm³/mol. The number of fused-ring (bicyclic) bond motifs is 1. The predicted octanol–water partition coefficient (Wildman–Crippen LogP) is 3.91. The number of H-pyrrole nitrogens is 1. The molecule has 3 aromatic rings. The number of nitrogens with one attached hydrogen (secondary N) is 3. The van der Waals surface area contributed by atoms with E-state index in [2.05, 4.69) is 47.9 Å². The normalized spacial score (nSPS) is 10.6. The fraction of sp³-hybridized carbons (Fsp3) is 0.0625. The van der Waals surface area contributed by atoms with Gasteiger partial charge in [0.25, 0.3) is 5.91 Å². The van der Waals surface area contributed by atoms with Crippen molar-refractivity contribution in [2.45, 2.75) is 0 Å². The molecule has 0 spiro atoms. The number of anilines is 2. The van der Waals surface area contributed by atoms with Crippen molar-refractivity contribution in [1.29, 1.82) is 0 Å². The van der Waals surface area contributed by atoms with Crippen molar-refractivity contribution in [3.05, 3.63) is 43.0 Å². The number of amides is 2. The van der Waals surface area contributed by atoms with Crippen molar-refractivity contribution in [1.82, 2.24) is 9.97 Å². The summed E-state index contributed by atoms with van der Waals surface area (Å²) in [6.45, 7) is 0. The summed E-state index contributed by atoms with van der Waals surface area (Å²) in [4.78, 5) is 30.8. The Morgan fingerprint density at radius 3 is 2.69 bits per heavy atom. The van der Waals surface area contributed by atoms with Crippen LogP contribution in [0.1, 0.15) is 10.4 Å². The maximum Gasteiger partial charge on any atom is 0.413 e. The number of hydrogen-bond acceptors (Lipinski definition) is 5. The van der Waals surface area contributed by atoms with Crippen LogP contribution in [0.3, 0.4) is 0 Å². The first-order chi connectivity index (χ1) is 12.4. The molecule has 3 rings (SSSR count). The van der Waals surface area contributed by atoms with Gasteiger partial charge in [0, 0.05) is 9.26 Å². The van der Waals surface area contributed by atoms with E-state index in [4.69, 9.17) is 0 Å². The van der Waals surface area contributed by atoms with Crippen LogP contribution in [-0.2, 0) is 4.74 Å². The number of aromatic hydroxyl groups is 1. The number of aromatic nitrogens is 2. The van der Waals surface area contributed by atoms with Gasteiger partial charge < -0.3 is 20.1 Å². The van der Waals surface area contributed by atoms with Gasteiger partial charge in [0.2, 0.25) is 5.95 Å². The number of phenols is 1. The molecule has 1 heterocycles. The van der Waals surface area contributed by atoms with Crippen LogP contribution in [0.5, 0.6) is 5.75 Å². The summed E-state index contributed by atoms with van der Waals surface area (Å²) in [5.41, 5.74) is 1.94. The van der Waals surface area contributed by atoms with Crippen molar-refractivity contribution < 1.29 is 19.4 Å². The first kappa shape index (κ1) is 18.7. The van der Waals surface area contributed by atoms with Crippen LogP contribution in [-0.4, -0.2) is 34.2 Å². The minimum absolute atomic E-state index is 0.0595. The van der Waals surface area contributed by atoms with E-state index in [9.17, 15) is 14.7 Å². The maximum atomic E-state index is 12.5. The lowest BCUT2D eigenvalue weighted by Crippen LogP contribution is -2.12. The molecule has 0 aliphatic carbocycles. The van der Waals surface area contributed by atoms with Crippen LogP contribution in [0.15, 0.2) is 30.3 Å². The van der Waals surface area contributed by atoms with Crippen molar-refractivity contribution in [3.8, 4) is 5.75 Å². The van der Waals surface area contributed by atoms with Crippen molar-refractivity contribution in [2.75, 3.05) is 17.7 Å². The summed E-state index contributed by atoms with van der Waals surface area (Å²) in [7, 11) is 1.26. The number of carbonyl (C=O) groups is 2. The minimum atomic E-state index is -0.638. The first-order valence-corrected chi connectivity index (χ1v) is 9.37. The monoisotopic (exact) mass is 578 g/mol. The lowest BCUT2D eigenvalue weighted by atomic mass is 10.2. The zero-order valence-electron chi connectivity index (χ0n) is 13.3. The van der Waals surface area contributed by atoms with Gasteiger partial charge in [0.1, 0.15) is 5.75 Å². The fourth-order valence-electron chi connectivity index (χ4n) is 2.23. The summed E-state index contributed by atoms with van der Waals surface area (Å²) in [6.07, 6.45) is -0.638. The molecule has 0 bridgehead atoms. The molecule has 134 valence electrons. The number of carbonyl (C=O) groups excluding carboxylic acids is 2. The molecule has 0 aliphatic rings. The van der Waals surface area contributed by atoms with Crippen LogP contribution < -0.4 is 10.6 Å². The molecule has 8 nitrogen and oxygen atoms in total. The summed E-state index contributed by atoms with van der Waals surface area (Å²) in [5.74, 6) is -0.249. The Labute approximate surface area is 175 Å². The van der Waals surface area contributed by atoms with Gasteiger partial charge in [-0.2, -0.15) is 0 Å². The Kier molecular flexibility index (Phi) is 5.50. The molecule has 0 radical (unpaired) electrons. The van der Waals surface area contributed by atoms with Gasteiger partial charge in [-0.3, -0.25) is 10.1 Å². The van der Waals surface area contributed by atoms with E-state index < -0.39 is 12.0 Å². The highest BCUT2D eigenvalue weighted by Crippen LogP contribution is 2.28. The second-order valence-electron chi connectivity index (χ2n) is 5.17. The number of methoxy groups -OCH3 is 1. The third kappa shape index (κ3) is 4.00. The average Bonchev–Trinajstić information content (AvgIpc) is 2.99. The van der Waals surface area contributed by atoms with Gasteiger partial charge in [-0.05, 0) is 75.5 Å². The number of phenolic OH excluding ortho intramolecular Hbond substituents is 1. The topological polar surface area (TPSA) is 116 Å². The second-order valence-corrected chi connectivity index (χ2v) is 7.58. The molecular weight excluding hydrogens is 566 g/mol. The Morgan fingerprint density at radius 1 is 1.19 bits per heavy atom. The molecule has 0 saturated heterocycles. The van der Waals surface area contributed by atoms with E-state index in [1.165, 1.54) is 7.11 Å². The zero-order chi connectivity index (χ0) is 18.8. The van der Waals surface area contributed by atoms with E-state index in [1.807, 2.05) is 22.6 Å². The number of ether oxygens (including phenoxy) is 1. The number of nitrogens with zero attached hydrogens (tertiary/aromatic N) is 1. The number of hydrogen-bond donors (Lipinski definition) is 4. The lowest BCUT2D eigenvalue weighted by molar-refractivity contribution is 0.102. The third-order valence-electron chi connectivity index (χ3n) is 3.42. The zero-order valence-corrected chi connectivity index (χ0v) is 17.6. The highest BCUT2D eigenvalue weighted by Gasteiger charge is 2.16. The van der Waals surface area contributed by atoms with Crippen molar-refractivity contribution >= 4 is 79.9 Å². The fourth-order valence-corrected chi connectivity index (χ4v) is 4.08. The Balaban J connectivity index is 1.85. The van der Waals surface area contributed by atoms with E-state index >= 15 is 0 Å². The lowest BCUT2D eigenvalue weighted by Gasteiger charge is -2.09. The molecule has 2 aromatic carbocycles. The molecule has 1 aromatic heterocycles. The molecule has 26 heavy (non-hydrogen) atoms. The van der Waals surface area contributed by atoms with E-state index in [0.29, 0.717) is 20.3 Å². The summed E-state index contributed by atoms with van der Waals surface area (Å²) < 4.78 is 5.96. The molecule has 0 saturated carbocycles. The molecule has 10 heteroatoms. The standard InChI is InChI=1S/C16H12I2N4O4/c1-26-16(25)22-15-20-11-3-2-8(6-12(11)21-15)19-14(24)9-4-7(17)5-10(18)13(9)23/h2-6,23H,1H3,(H,19,24)(H2,20,21,22,25). The number of aromatic amines is 1. The Morgan fingerprint density at radius 2 is 1.96 bits per heavy atom. The van der Waals surface area contributed by atoms with Crippen LogP contribution in [0, 0.1) is 7.14 Å². The second kappa shape index (κ2) is 7.65. The Hall–Kier alpha value is -2.09. The minimum Gasteiger partial charge on any atom is -0.506 e. The van der Waals surface area contributed by atoms with E-state index in [1.54, 1.807) is 30.3 Å². The van der Waals surface area contributed by atoms with Crippen LogP contribution in [0.4, 0.5) is 16.4 Å². The van der Waals surface area contributed by atoms with Gasteiger partial charge in [-0.1, -0.05) is 0 Å². The quantitative estimate of drug-likeness (QED) is 0.352. The number of benzene rings is 2. The molecular formula is C16H12I2N4O4. The molecule has 0 aliphatic heterocycles. The maximum absolute atomic E-state index is 12.5. The summed E-state index contributed by atoms with van der Waals surface area (Å²) in [6, 6.07) is 8.44. The molecule has 0 unspecified atom stereocenters. The number of imidazole rings is 1. The number of rotatable bonds is 3.